The second-order valence-corrected chi connectivity index (χ2v) is 4.11. The Balaban J connectivity index is 2.59. The van der Waals surface area contributed by atoms with E-state index in [9.17, 15) is 9.59 Å². The van der Waals surface area contributed by atoms with Crippen molar-refractivity contribution in [3.63, 3.8) is 0 Å². The molecule has 0 aliphatic carbocycles. The van der Waals surface area contributed by atoms with Crippen LogP contribution in [0.1, 0.15) is 15.9 Å². The Hall–Kier alpha value is -2.14. The summed E-state index contributed by atoms with van der Waals surface area (Å²) in [4.78, 5) is 26.7. The Bertz CT molecular complexity index is 660. The summed E-state index contributed by atoms with van der Waals surface area (Å²) in [6.07, 6.45) is 2.09. The molecule has 0 spiro atoms. The average Bonchev–Trinajstić information content (AvgIpc) is 2.45. The number of carbonyl (C=O) groups is 1. The van der Waals surface area contributed by atoms with Crippen LogP contribution in [0.25, 0.3) is 10.9 Å². The highest BCUT2D eigenvalue weighted by molar-refractivity contribution is 5.94. The molecule has 1 aromatic carbocycles. The number of hydrogen-bond acceptors (Lipinski definition) is 4. The molecule has 0 aliphatic rings. The fourth-order valence-corrected chi connectivity index (χ4v) is 2.00. The highest BCUT2D eigenvalue weighted by atomic mass is 16.5. The number of carbonyl (C=O) groups excluding carboxylic acids is 1. The van der Waals surface area contributed by atoms with Gasteiger partial charge in [0.15, 0.2) is 0 Å². The van der Waals surface area contributed by atoms with Crippen LogP contribution < -0.4 is 5.43 Å². The molecular weight excluding hydrogens is 246 g/mol. The van der Waals surface area contributed by atoms with Crippen LogP contribution in [0.2, 0.25) is 0 Å². The lowest BCUT2D eigenvalue weighted by molar-refractivity contribution is 0.0599. The van der Waals surface area contributed by atoms with E-state index in [1.54, 1.807) is 19.2 Å². The van der Waals surface area contributed by atoms with Crippen LogP contribution in [0.15, 0.2) is 29.2 Å². The van der Waals surface area contributed by atoms with Gasteiger partial charge in [-0.05, 0) is 18.1 Å². The average molecular weight is 261 g/mol. The molecule has 0 saturated heterocycles. The molecule has 2 aromatic rings. The van der Waals surface area contributed by atoms with Crippen LogP contribution in [-0.2, 0) is 15.9 Å². The Morgan fingerprint density at radius 3 is 2.79 bits per heavy atom. The summed E-state index contributed by atoms with van der Waals surface area (Å²) in [6.45, 7) is 0.569. The first-order chi connectivity index (χ1) is 9.19. The van der Waals surface area contributed by atoms with Gasteiger partial charge < -0.3 is 14.5 Å². The molecule has 5 nitrogen and oxygen atoms in total. The number of fused-ring (bicyclic) bond motifs is 1. The monoisotopic (exact) mass is 261 g/mol. The lowest BCUT2D eigenvalue weighted by atomic mass is 10.1. The Kier molecular flexibility index (Phi) is 3.97. The molecule has 0 amide bonds. The van der Waals surface area contributed by atoms with Gasteiger partial charge in [0.25, 0.3) is 0 Å². The van der Waals surface area contributed by atoms with Crippen molar-refractivity contribution in [2.45, 2.75) is 6.42 Å². The molecular formula is C14H15NO4. The van der Waals surface area contributed by atoms with Crippen LogP contribution >= 0.6 is 0 Å². The minimum Gasteiger partial charge on any atom is -0.465 e. The molecule has 100 valence electrons. The summed E-state index contributed by atoms with van der Waals surface area (Å²) in [5.74, 6) is -0.634. The van der Waals surface area contributed by atoms with Gasteiger partial charge in [0.1, 0.15) is 5.56 Å². The predicted molar refractivity (Wildman–Crippen MR) is 71.5 cm³/mol. The number of para-hydroxylation sites is 1. The van der Waals surface area contributed by atoms with Crippen LogP contribution in [0.4, 0.5) is 0 Å². The van der Waals surface area contributed by atoms with Crippen LogP contribution in [0, 0.1) is 0 Å². The molecule has 2 rings (SSSR count). The van der Waals surface area contributed by atoms with Crippen molar-refractivity contribution in [3.8, 4) is 0 Å². The van der Waals surface area contributed by atoms with E-state index in [4.69, 9.17) is 4.74 Å². The molecule has 19 heavy (non-hydrogen) atoms. The quantitative estimate of drug-likeness (QED) is 0.847. The predicted octanol–water partition coefficient (Wildman–Crippen LogP) is 1.50. The summed E-state index contributed by atoms with van der Waals surface area (Å²) < 4.78 is 9.62. The fourth-order valence-electron chi connectivity index (χ4n) is 2.00. The van der Waals surface area contributed by atoms with E-state index in [0.717, 1.165) is 11.1 Å². The minimum absolute atomic E-state index is 0.0129. The topological polar surface area (TPSA) is 68.4 Å². The number of methoxy groups -OCH3 is 2. The number of benzene rings is 1. The first kappa shape index (κ1) is 13.3. The third kappa shape index (κ3) is 2.51. The van der Waals surface area contributed by atoms with E-state index in [2.05, 4.69) is 9.72 Å². The molecule has 1 aromatic heterocycles. The Morgan fingerprint density at radius 2 is 2.11 bits per heavy atom. The zero-order chi connectivity index (χ0) is 13.8. The van der Waals surface area contributed by atoms with Gasteiger partial charge in [0.2, 0.25) is 5.43 Å². The molecule has 0 atom stereocenters. The maximum absolute atomic E-state index is 12.2. The van der Waals surface area contributed by atoms with Crippen LogP contribution in [0.3, 0.4) is 0 Å². The molecule has 0 aliphatic heterocycles. The number of hydrogen-bond donors (Lipinski definition) is 1. The van der Waals surface area contributed by atoms with Crippen molar-refractivity contribution in [2.75, 3.05) is 20.8 Å². The van der Waals surface area contributed by atoms with Gasteiger partial charge in [-0.2, -0.15) is 0 Å². The van der Waals surface area contributed by atoms with Crippen molar-refractivity contribution < 1.29 is 14.3 Å². The van der Waals surface area contributed by atoms with Crippen molar-refractivity contribution in [2.24, 2.45) is 0 Å². The van der Waals surface area contributed by atoms with E-state index in [0.29, 0.717) is 18.4 Å². The van der Waals surface area contributed by atoms with Crippen molar-refractivity contribution in [1.29, 1.82) is 0 Å². The van der Waals surface area contributed by atoms with Gasteiger partial charge in [-0.15, -0.1) is 0 Å². The van der Waals surface area contributed by atoms with Gasteiger partial charge in [-0.25, -0.2) is 4.79 Å². The Morgan fingerprint density at radius 1 is 1.32 bits per heavy atom. The maximum Gasteiger partial charge on any atom is 0.343 e. The van der Waals surface area contributed by atoms with Crippen LogP contribution in [0.5, 0.6) is 0 Å². The van der Waals surface area contributed by atoms with Crippen molar-refractivity contribution in [3.05, 3.63) is 45.7 Å². The van der Waals surface area contributed by atoms with E-state index in [-0.39, 0.29) is 11.0 Å². The van der Waals surface area contributed by atoms with E-state index < -0.39 is 5.97 Å². The number of H-pyrrole nitrogens is 1. The molecule has 1 heterocycles. The van der Waals surface area contributed by atoms with Gasteiger partial charge in [-0.1, -0.05) is 12.1 Å². The summed E-state index contributed by atoms with van der Waals surface area (Å²) >= 11 is 0. The molecule has 1 N–H and O–H groups in total. The first-order valence-corrected chi connectivity index (χ1v) is 5.89. The number of aromatic nitrogens is 1. The normalized spacial score (nSPS) is 10.6. The van der Waals surface area contributed by atoms with Gasteiger partial charge >= 0.3 is 5.97 Å². The number of rotatable bonds is 4. The largest absolute Gasteiger partial charge is 0.465 e. The van der Waals surface area contributed by atoms with Gasteiger partial charge in [-0.3, -0.25) is 4.79 Å². The number of nitrogens with one attached hydrogen (secondary N) is 1. The third-order valence-electron chi connectivity index (χ3n) is 2.98. The number of ether oxygens (including phenoxy) is 2. The zero-order valence-corrected chi connectivity index (χ0v) is 10.9. The van der Waals surface area contributed by atoms with E-state index >= 15 is 0 Å². The van der Waals surface area contributed by atoms with E-state index in [1.807, 2.05) is 6.07 Å². The number of pyridine rings is 1. The molecule has 5 heteroatoms. The second-order valence-electron chi connectivity index (χ2n) is 4.11. The first-order valence-electron chi connectivity index (χ1n) is 5.89. The maximum atomic E-state index is 12.2. The SMILES string of the molecule is COCCc1cccc2c(=O)c(C(=O)OC)c[nH]c12. The zero-order valence-electron chi connectivity index (χ0n) is 10.9. The molecule has 0 unspecified atom stereocenters. The highest BCUT2D eigenvalue weighted by Crippen LogP contribution is 2.15. The van der Waals surface area contributed by atoms with E-state index in [1.165, 1.54) is 13.3 Å². The summed E-state index contributed by atoms with van der Waals surface area (Å²) in [5.41, 5.74) is 1.41. The summed E-state index contributed by atoms with van der Waals surface area (Å²) in [6, 6.07) is 5.41. The standard InChI is InChI=1S/C14H15NO4/c1-18-7-6-9-4-3-5-10-12(9)15-8-11(13(10)16)14(17)19-2/h3-5,8H,6-7H2,1-2H3,(H,15,16). The van der Waals surface area contributed by atoms with Crippen molar-refractivity contribution in [1.82, 2.24) is 4.98 Å². The number of aromatic amines is 1. The minimum atomic E-state index is -0.634. The summed E-state index contributed by atoms with van der Waals surface area (Å²) in [7, 11) is 2.88. The highest BCUT2D eigenvalue weighted by Gasteiger charge is 2.14. The Labute approximate surface area is 110 Å². The molecule has 0 fully saturated rings. The smallest absolute Gasteiger partial charge is 0.343 e. The van der Waals surface area contributed by atoms with Crippen LogP contribution in [-0.4, -0.2) is 31.8 Å². The second kappa shape index (κ2) is 5.67. The molecule has 0 saturated carbocycles. The number of esters is 1. The summed E-state index contributed by atoms with van der Waals surface area (Å²) in [5, 5.41) is 0.483. The van der Waals surface area contributed by atoms with Gasteiger partial charge in [0.05, 0.1) is 19.2 Å². The third-order valence-corrected chi connectivity index (χ3v) is 2.98. The fraction of sp³-hybridized carbons (Fsp3) is 0.286. The molecule has 0 radical (unpaired) electrons. The van der Waals surface area contributed by atoms with Gasteiger partial charge in [0, 0.05) is 18.7 Å². The van der Waals surface area contributed by atoms with Crippen molar-refractivity contribution >= 4 is 16.9 Å². The lowest BCUT2D eigenvalue weighted by Crippen LogP contribution is -2.17. The molecule has 0 bridgehead atoms. The lowest BCUT2D eigenvalue weighted by Gasteiger charge is -2.07.